The van der Waals surface area contributed by atoms with Crippen LogP contribution in [0, 0.1) is 0 Å². The molecule has 1 aromatic rings. The van der Waals surface area contributed by atoms with Crippen LogP contribution < -0.4 is 15.5 Å². The minimum Gasteiger partial charge on any atom is -0.427 e. The Morgan fingerprint density at radius 2 is 1.90 bits per heavy atom. The second-order valence-electron chi connectivity index (χ2n) is 4.70. The van der Waals surface area contributed by atoms with Crippen molar-refractivity contribution in [2.24, 2.45) is 0 Å². The molecule has 21 heavy (non-hydrogen) atoms. The summed E-state index contributed by atoms with van der Waals surface area (Å²) in [4.78, 5) is 37.5. The summed E-state index contributed by atoms with van der Waals surface area (Å²) < 4.78 is 5.33. The summed E-state index contributed by atoms with van der Waals surface area (Å²) in [7, 11) is 4.44. The van der Waals surface area contributed by atoms with E-state index in [0.717, 1.165) is 0 Å². The van der Waals surface area contributed by atoms with Gasteiger partial charge in [0.05, 0.1) is 12.1 Å². The first-order chi connectivity index (χ1) is 9.96. The Bertz CT molecular complexity index is 582. The van der Waals surface area contributed by atoms with Crippen LogP contribution in [-0.2, 0) is 19.9 Å². The predicted molar refractivity (Wildman–Crippen MR) is 75.8 cm³/mol. The number of hydrogen-bond acceptors (Lipinski definition) is 4. The van der Waals surface area contributed by atoms with Gasteiger partial charge in [0.2, 0.25) is 11.5 Å². The quantitative estimate of drug-likeness (QED) is 0.841. The molecule has 1 aliphatic rings. The summed E-state index contributed by atoms with van der Waals surface area (Å²) >= 11 is 0. The summed E-state index contributed by atoms with van der Waals surface area (Å²) in [6.45, 7) is 0. The zero-order valence-corrected chi connectivity index (χ0v) is 12.1. The average molecular weight is 291 g/mol. The fraction of sp³-hybridized carbons (Fsp3) is 0.357. The highest BCUT2D eigenvalue weighted by Crippen LogP contribution is 2.44. The maximum absolute atomic E-state index is 12.6. The van der Waals surface area contributed by atoms with Crippen molar-refractivity contribution in [3.05, 3.63) is 29.8 Å². The van der Waals surface area contributed by atoms with E-state index in [2.05, 4.69) is 10.6 Å². The Morgan fingerprint density at radius 1 is 1.24 bits per heavy atom. The summed E-state index contributed by atoms with van der Waals surface area (Å²) in [6.07, 6.45) is -1.03. The number of rotatable bonds is 3. The molecule has 0 saturated heterocycles. The Kier molecular flexibility index (Phi) is 3.84. The first kappa shape index (κ1) is 14.8. The Morgan fingerprint density at radius 3 is 2.52 bits per heavy atom. The lowest BCUT2D eigenvalue weighted by Gasteiger charge is -2.27. The number of nitrogens with one attached hydrogen (secondary N) is 2. The smallest absolute Gasteiger partial charge is 0.408 e. The SMILES string of the molecule is CNC(=O)CC1(OC(=O)NC)C(=O)N(C)c2ccccc21. The lowest BCUT2D eigenvalue weighted by molar-refractivity contribution is -0.142. The van der Waals surface area contributed by atoms with Crippen molar-refractivity contribution < 1.29 is 19.1 Å². The number of fused-ring (bicyclic) bond motifs is 1. The molecule has 0 radical (unpaired) electrons. The molecule has 0 bridgehead atoms. The number of anilines is 1. The van der Waals surface area contributed by atoms with Crippen LogP contribution in [0.5, 0.6) is 0 Å². The number of hydrogen-bond donors (Lipinski definition) is 2. The molecule has 0 saturated carbocycles. The Balaban J connectivity index is 2.56. The molecule has 0 aliphatic carbocycles. The van der Waals surface area contributed by atoms with Gasteiger partial charge < -0.3 is 20.3 Å². The number of amides is 3. The van der Waals surface area contributed by atoms with E-state index < -0.39 is 23.5 Å². The minimum absolute atomic E-state index is 0.267. The van der Waals surface area contributed by atoms with Crippen molar-refractivity contribution in [2.45, 2.75) is 12.0 Å². The van der Waals surface area contributed by atoms with Crippen molar-refractivity contribution in [2.75, 3.05) is 26.0 Å². The van der Waals surface area contributed by atoms with Crippen molar-refractivity contribution in [3.8, 4) is 0 Å². The summed E-state index contributed by atoms with van der Waals surface area (Å²) in [5.41, 5.74) is -0.508. The van der Waals surface area contributed by atoms with Gasteiger partial charge >= 0.3 is 6.09 Å². The predicted octanol–water partition coefficient (Wildman–Crippen LogP) is 0.350. The second kappa shape index (κ2) is 5.43. The molecule has 1 heterocycles. The van der Waals surface area contributed by atoms with Gasteiger partial charge in [0, 0.05) is 26.7 Å². The van der Waals surface area contributed by atoms with Crippen LogP contribution in [0.3, 0.4) is 0 Å². The third-order valence-electron chi connectivity index (χ3n) is 3.51. The van der Waals surface area contributed by atoms with Crippen molar-refractivity contribution in [1.82, 2.24) is 10.6 Å². The molecular weight excluding hydrogens is 274 g/mol. The number of ether oxygens (including phenoxy) is 1. The van der Waals surface area contributed by atoms with Crippen molar-refractivity contribution >= 4 is 23.6 Å². The van der Waals surface area contributed by atoms with Crippen LogP contribution in [0.4, 0.5) is 10.5 Å². The van der Waals surface area contributed by atoms with E-state index in [1.54, 1.807) is 31.3 Å². The normalized spacial score (nSPS) is 20.0. The highest BCUT2D eigenvalue weighted by Gasteiger charge is 2.54. The van der Waals surface area contributed by atoms with Crippen molar-refractivity contribution in [3.63, 3.8) is 0 Å². The van der Waals surface area contributed by atoms with Crippen LogP contribution >= 0.6 is 0 Å². The first-order valence-electron chi connectivity index (χ1n) is 6.45. The average Bonchev–Trinajstić information content (AvgIpc) is 2.70. The highest BCUT2D eigenvalue weighted by molar-refractivity contribution is 6.09. The fourth-order valence-corrected chi connectivity index (χ4v) is 2.43. The molecule has 1 aromatic carbocycles. The lowest BCUT2D eigenvalue weighted by Crippen LogP contribution is -2.47. The molecule has 112 valence electrons. The zero-order valence-electron chi connectivity index (χ0n) is 12.1. The third-order valence-corrected chi connectivity index (χ3v) is 3.51. The van der Waals surface area contributed by atoms with Gasteiger partial charge in [0.15, 0.2) is 0 Å². The molecule has 7 heteroatoms. The molecule has 3 amide bonds. The van der Waals surface area contributed by atoms with E-state index in [1.165, 1.54) is 19.0 Å². The Hall–Kier alpha value is -2.57. The molecule has 0 aromatic heterocycles. The largest absolute Gasteiger partial charge is 0.427 e. The van der Waals surface area contributed by atoms with Gasteiger partial charge in [-0.05, 0) is 6.07 Å². The highest BCUT2D eigenvalue weighted by atomic mass is 16.6. The molecule has 1 atom stereocenters. The number of para-hydroxylation sites is 1. The van der Waals surface area contributed by atoms with Gasteiger partial charge in [-0.3, -0.25) is 9.59 Å². The fourth-order valence-electron chi connectivity index (χ4n) is 2.43. The molecule has 0 fully saturated rings. The maximum Gasteiger partial charge on any atom is 0.408 e. The number of alkyl carbamates (subject to hydrolysis) is 1. The van der Waals surface area contributed by atoms with Gasteiger partial charge in [-0.25, -0.2) is 4.79 Å². The van der Waals surface area contributed by atoms with Crippen molar-refractivity contribution in [1.29, 1.82) is 0 Å². The van der Waals surface area contributed by atoms with Crippen LogP contribution in [0.1, 0.15) is 12.0 Å². The number of benzene rings is 1. The third kappa shape index (κ3) is 2.31. The van der Waals surface area contributed by atoms with Gasteiger partial charge in [0.1, 0.15) is 0 Å². The topological polar surface area (TPSA) is 87.7 Å². The summed E-state index contributed by atoms with van der Waals surface area (Å²) in [5, 5.41) is 4.76. The van der Waals surface area contributed by atoms with E-state index in [-0.39, 0.29) is 6.42 Å². The second-order valence-corrected chi connectivity index (χ2v) is 4.70. The standard InChI is InChI=1S/C14H17N3O4/c1-15-11(18)8-14(21-13(20)16-2)9-6-4-5-7-10(9)17(3)12(14)19/h4-7H,8H2,1-3H3,(H,15,18)(H,16,20). The summed E-state index contributed by atoms with van der Waals surface area (Å²) in [6, 6.07) is 6.93. The molecule has 0 spiro atoms. The number of likely N-dealkylation sites (N-methyl/N-ethyl adjacent to an activating group) is 1. The zero-order chi connectivity index (χ0) is 15.6. The van der Waals surface area contributed by atoms with E-state index in [9.17, 15) is 14.4 Å². The van der Waals surface area contributed by atoms with E-state index in [1.807, 2.05) is 0 Å². The van der Waals surface area contributed by atoms with E-state index in [0.29, 0.717) is 11.3 Å². The molecule has 2 rings (SSSR count). The molecule has 1 unspecified atom stereocenters. The van der Waals surface area contributed by atoms with Crippen LogP contribution in [0.15, 0.2) is 24.3 Å². The van der Waals surface area contributed by atoms with Gasteiger partial charge in [-0.2, -0.15) is 0 Å². The van der Waals surface area contributed by atoms with E-state index >= 15 is 0 Å². The molecule has 2 N–H and O–H groups in total. The van der Waals surface area contributed by atoms with E-state index in [4.69, 9.17) is 4.74 Å². The van der Waals surface area contributed by atoms with Crippen LogP contribution in [0.25, 0.3) is 0 Å². The van der Waals surface area contributed by atoms with Crippen LogP contribution in [-0.4, -0.2) is 39.1 Å². The molecule has 7 nitrogen and oxygen atoms in total. The van der Waals surface area contributed by atoms with Gasteiger partial charge in [-0.15, -0.1) is 0 Å². The van der Waals surface area contributed by atoms with Crippen LogP contribution in [0.2, 0.25) is 0 Å². The number of nitrogens with zero attached hydrogens (tertiary/aromatic N) is 1. The van der Waals surface area contributed by atoms with Gasteiger partial charge in [-0.1, -0.05) is 18.2 Å². The number of carbonyl (C=O) groups is 3. The minimum atomic E-state index is -1.63. The lowest BCUT2D eigenvalue weighted by atomic mass is 9.91. The molecule has 1 aliphatic heterocycles. The molecular formula is C14H17N3O4. The first-order valence-corrected chi connectivity index (χ1v) is 6.45. The maximum atomic E-state index is 12.6. The van der Waals surface area contributed by atoms with Gasteiger partial charge in [0.25, 0.3) is 5.91 Å². The summed E-state index contributed by atoms with van der Waals surface area (Å²) in [5.74, 6) is -0.840. The number of carbonyl (C=O) groups excluding carboxylic acids is 3. The Labute approximate surface area is 122 Å². The monoisotopic (exact) mass is 291 g/mol.